The maximum Gasteiger partial charge on any atom is 0.418 e. The summed E-state index contributed by atoms with van der Waals surface area (Å²) in [5.41, 5.74) is -0.507. The lowest BCUT2D eigenvalue weighted by Crippen LogP contribution is -2.20. The molecule has 7 heteroatoms. The van der Waals surface area contributed by atoms with E-state index in [9.17, 15) is 13.2 Å². The third kappa shape index (κ3) is 3.24. The van der Waals surface area contributed by atoms with Crippen LogP contribution in [-0.2, 0) is 6.18 Å². The van der Waals surface area contributed by atoms with Crippen LogP contribution in [0.2, 0.25) is 0 Å². The molecule has 0 saturated heterocycles. The highest BCUT2D eigenvalue weighted by Gasteiger charge is 2.39. The molecule has 1 nitrogen and oxygen atoms in total. The fourth-order valence-electron chi connectivity index (χ4n) is 2.47. The van der Waals surface area contributed by atoms with E-state index in [0.29, 0.717) is 0 Å². The lowest BCUT2D eigenvalue weighted by Gasteiger charge is -2.27. The van der Waals surface area contributed by atoms with Crippen LogP contribution < -0.4 is 4.90 Å². The zero-order chi connectivity index (χ0) is 16.7. The summed E-state index contributed by atoms with van der Waals surface area (Å²) in [4.78, 5) is 1.43. The van der Waals surface area contributed by atoms with Crippen molar-refractivity contribution < 1.29 is 13.2 Å². The second kappa shape index (κ2) is 6.34. The van der Waals surface area contributed by atoms with Gasteiger partial charge in [0.15, 0.2) is 0 Å². The van der Waals surface area contributed by atoms with E-state index in [1.165, 1.54) is 17.0 Å². The number of alkyl halides is 3. The highest BCUT2D eigenvalue weighted by atomic mass is 35.5. The number of halogens is 6. The van der Waals surface area contributed by atoms with Crippen LogP contribution in [-0.4, -0.2) is 14.1 Å². The molecular weight excluding hydrogens is 358 g/mol. The van der Waals surface area contributed by atoms with Crippen LogP contribution in [0.25, 0.3) is 0 Å². The number of hydrogen-bond donors (Lipinski definition) is 0. The number of rotatable bonds is 2. The van der Waals surface area contributed by atoms with E-state index in [2.05, 4.69) is 0 Å². The van der Waals surface area contributed by atoms with Crippen LogP contribution >= 0.6 is 34.8 Å². The molecule has 1 atom stereocenters. The summed E-state index contributed by atoms with van der Waals surface area (Å²) in [6.07, 6.45) is -2.64. The SMILES string of the molecule is CN(C)c1cccc(C2CC=C(Cl)C(Cl)=C2Cl)c1C(F)(F)F. The predicted molar refractivity (Wildman–Crippen MR) is 85.8 cm³/mol. The van der Waals surface area contributed by atoms with Gasteiger partial charge < -0.3 is 4.90 Å². The van der Waals surface area contributed by atoms with Crippen LogP contribution in [0.3, 0.4) is 0 Å². The average Bonchev–Trinajstić information content (AvgIpc) is 2.43. The first-order valence-corrected chi connectivity index (χ1v) is 7.56. The van der Waals surface area contributed by atoms with Gasteiger partial charge in [-0.25, -0.2) is 0 Å². The van der Waals surface area contributed by atoms with Crippen LogP contribution in [0.4, 0.5) is 18.9 Å². The molecule has 0 fully saturated rings. The average molecular weight is 371 g/mol. The molecule has 0 aliphatic heterocycles. The summed E-state index contributed by atoms with van der Waals surface area (Å²) >= 11 is 18.0. The largest absolute Gasteiger partial charge is 0.418 e. The summed E-state index contributed by atoms with van der Waals surface area (Å²) in [5, 5.41) is 0.499. The van der Waals surface area contributed by atoms with Gasteiger partial charge in [-0.3, -0.25) is 0 Å². The molecule has 0 heterocycles. The van der Waals surface area contributed by atoms with Crippen molar-refractivity contribution in [3.8, 4) is 0 Å². The van der Waals surface area contributed by atoms with Crippen molar-refractivity contribution in [1.29, 1.82) is 0 Å². The van der Waals surface area contributed by atoms with Crippen LogP contribution in [0.15, 0.2) is 39.4 Å². The fraction of sp³-hybridized carbons (Fsp3) is 0.333. The van der Waals surface area contributed by atoms with E-state index >= 15 is 0 Å². The molecule has 1 aliphatic carbocycles. The maximum absolute atomic E-state index is 13.6. The van der Waals surface area contributed by atoms with Gasteiger partial charge in [-0.2, -0.15) is 13.2 Å². The Balaban J connectivity index is 2.65. The molecule has 1 unspecified atom stereocenters. The maximum atomic E-state index is 13.6. The summed E-state index contributed by atoms with van der Waals surface area (Å²) < 4.78 is 40.7. The van der Waals surface area contributed by atoms with Gasteiger partial charge in [-0.1, -0.05) is 53.0 Å². The van der Waals surface area contributed by atoms with Gasteiger partial charge in [0.2, 0.25) is 0 Å². The topological polar surface area (TPSA) is 3.24 Å². The highest BCUT2D eigenvalue weighted by molar-refractivity contribution is 6.48. The second-order valence-electron chi connectivity index (χ2n) is 5.14. The zero-order valence-electron chi connectivity index (χ0n) is 11.8. The molecule has 0 saturated carbocycles. The number of anilines is 1. The Bertz CT molecular complexity index is 648. The van der Waals surface area contributed by atoms with E-state index in [1.807, 2.05) is 0 Å². The molecule has 0 aromatic heterocycles. The van der Waals surface area contributed by atoms with Crippen molar-refractivity contribution in [2.45, 2.75) is 18.5 Å². The standard InChI is InChI=1S/C15H13Cl3F3N/c1-22(2)11-5-3-4-8(12(11)15(19,20)21)9-6-7-10(16)14(18)13(9)17/h3-5,7,9H,6H2,1-2H3. The third-order valence-corrected chi connectivity index (χ3v) is 4.87. The van der Waals surface area contributed by atoms with Crippen molar-refractivity contribution in [1.82, 2.24) is 0 Å². The van der Waals surface area contributed by atoms with Crippen molar-refractivity contribution in [3.05, 3.63) is 50.5 Å². The first kappa shape index (κ1) is 17.5. The van der Waals surface area contributed by atoms with E-state index in [-0.39, 0.29) is 32.8 Å². The van der Waals surface area contributed by atoms with E-state index < -0.39 is 17.7 Å². The molecule has 1 aliphatic rings. The minimum Gasteiger partial charge on any atom is -0.377 e. The molecule has 0 spiro atoms. The molecule has 120 valence electrons. The van der Waals surface area contributed by atoms with Gasteiger partial charge in [-0.15, -0.1) is 0 Å². The first-order valence-electron chi connectivity index (χ1n) is 6.43. The highest BCUT2D eigenvalue weighted by Crippen LogP contribution is 2.48. The van der Waals surface area contributed by atoms with Crippen LogP contribution in [0, 0.1) is 0 Å². The molecular formula is C15H13Cl3F3N. The Kier molecular flexibility index (Phi) is 5.05. The molecule has 0 N–H and O–H groups in total. The predicted octanol–water partition coefficient (Wildman–Crippen LogP) is 6.07. The molecule has 1 aromatic carbocycles. The van der Waals surface area contributed by atoms with Crippen LogP contribution in [0.5, 0.6) is 0 Å². The number of allylic oxidation sites excluding steroid dienone is 4. The van der Waals surface area contributed by atoms with Gasteiger partial charge in [0.05, 0.1) is 15.6 Å². The second-order valence-corrected chi connectivity index (χ2v) is 6.33. The minimum atomic E-state index is -4.50. The third-order valence-electron chi connectivity index (χ3n) is 3.47. The molecule has 1 aromatic rings. The molecule has 0 amide bonds. The first-order chi connectivity index (χ1) is 10.1. The quantitative estimate of drug-likeness (QED) is 0.610. The van der Waals surface area contributed by atoms with Crippen molar-refractivity contribution in [3.63, 3.8) is 0 Å². The summed E-state index contributed by atoms with van der Waals surface area (Å²) in [6.45, 7) is 0. The minimum absolute atomic E-state index is 0.0891. The smallest absolute Gasteiger partial charge is 0.377 e. The Morgan fingerprint density at radius 1 is 1.14 bits per heavy atom. The normalized spacial score (nSPS) is 19.3. The van der Waals surface area contributed by atoms with Crippen molar-refractivity contribution in [2.24, 2.45) is 0 Å². The molecule has 0 bridgehead atoms. The van der Waals surface area contributed by atoms with Gasteiger partial charge in [0, 0.05) is 30.7 Å². The summed E-state index contributed by atoms with van der Waals surface area (Å²) in [6, 6.07) is 4.44. The molecule has 0 radical (unpaired) electrons. The van der Waals surface area contributed by atoms with Gasteiger partial charge in [0.1, 0.15) is 0 Å². The van der Waals surface area contributed by atoms with E-state index in [0.717, 1.165) is 0 Å². The summed E-state index contributed by atoms with van der Waals surface area (Å²) in [5.74, 6) is -0.659. The molecule has 2 rings (SSSR count). The Labute approximate surface area is 141 Å². The van der Waals surface area contributed by atoms with E-state index in [4.69, 9.17) is 34.8 Å². The Hall–Kier alpha value is -0.840. The Morgan fingerprint density at radius 2 is 1.77 bits per heavy atom. The van der Waals surface area contributed by atoms with E-state index in [1.54, 1.807) is 26.2 Å². The van der Waals surface area contributed by atoms with Gasteiger partial charge >= 0.3 is 6.18 Å². The zero-order valence-corrected chi connectivity index (χ0v) is 14.1. The van der Waals surface area contributed by atoms with Gasteiger partial charge in [-0.05, 0) is 18.1 Å². The van der Waals surface area contributed by atoms with Gasteiger partial charge in [0.25, 0.3) is 0 Å². The fourth-order valence-corrected chi connectivity index (χ4v) is 3.23. The lowest BCUT2D eigenvalue weighted by atomic mass is 9.87. The van der Waals surface area contributed by atoms with Crippen LogP contribution in [0.1, 0.15) is 23.5 Å². The number of benzene rings is 1. The van der Waals surface area contributed by atoms with Crippen molar-refractivity contribution in [2.75, 3.05) is 19.0 Å². The summed E-state index contributed by atoms with van der Waals surface area (Å²) in [7, 11) is 3.13. The van der Waals surface area contributed by atoms with Crippen molar-refractivity contribution >= 4 is 40.5 Å². The number of hydrogen-bond acceptors (Lipinski definition) is 1. The lowest BCUT2D eigenvalue weighted by molar-refractivity contribution is -0.137. The molecule has 22 heavy (non-hydrogen) atoms. The number of nitrogens with zero attached hydrogens (tertiary/aromatic N) is 1. The Morgan fingerprint density at radius 3 is 2.32 bits per heavy atom. The monoisotopic (exact) mass is 369 g/mol.